The second-order valence-corrected chi connectivity index (χ2v) is 5.81. The fourth-order valence-electron chi connectivity index (χ4n) is 2.94. The Balaban J connectivity index is 2.26. The number of amides is 1. The zero-order chi connectivity index (χ0) is 13.4. The fraction of sp³-hybridized carbons (Fsp3) is 0.933. The maximum Gasteiger partial charge on any atom is 0.220 e. The lowest BCUT2D eigenvalue weighted by atomic mass is 9.74. The van der Waals surface area contributed by atoms with Crippen molar-refractivity contribution in [3.8, 4) is 0 Å². The van der Waals surface area contributed by atoms with Crippen molar-refractivity contribution in [2.75, 3.05) is 6.54 Å². The van der Waals surface area contributed by atoms with E-state index in [0.29, 0.717) is 12.3 Å². The van der Waals surface area contributed by atoms with E-state index in [9.17, 15) is 4.79 Å². The molecule has 1 fully saturated rings. The molecule has 1 amide bonds. The van der Waals surface area contributed by atoms with E-state index in [1.807, 2.05) is 0 Å². The number of hydrogen-bond donors (Lipinski definition) is 2. The zero-order valence-corrected chi connectivity index (χ0v) is 12.1. The van der Waals surface area contributed by atoms with Crippen LogP contribution in [0, 0.1) is 5.92 Å². The van der Waals surface area contributed by atoms with Gasteiger partial charge in [0.15, 0.2) is 0 Å². The molecule has 1 rings (SSSR count). The molecule has 1 unspecified atom stereocenters. The number of carbonyl (C=O) groups is 1. The highest BCUT2D eigenvalue weighted by molar-refractivity contribution is 5.76. The second kappa shape index (κ2) is 7.78. The Kier molecular flexibility index (Phi) is 6.69. The molecule has 0 saturated heterocycles. The van der Waals surface area contributed by atoms with Crippen molar-refractivity contribution >= 4 is 5.91 Å². The predicted octanol–water partition coefficient (Wildman–Crippen LogP) is 2.98. The second-order valence-electron chi connectivity index (χ2n) is 5.81. The molecule has 0 aromatic heterocycles. The van der Waals surface area contributed by atoms with E-state index in [0.717, 1.165) is 38.6 Å². The molecule has 0 spiro atoms. The van der Waals surface area contributed by atoms with Crippen LogP contribution >= 0.6 is 0 Å². The molecule has 0 heterocycles. The van der Waals surface area contributed by atoms with Crippen LogP contribution in [0.3, 0.4) is 0 Å². The lowest BCUT2D eigenvalue weighted by Gasteiger charge is -2.42. The van der Waals surface area contributed by atoms with Gasteiger partial charge in [-0.3, -0.25) is 4.79 Å². The highest BCUT2D eigenvalue weighted by Gasteiger charge is 2.36. The summed E-state index contributed by atoms with van der Waals surface area (Å²) in [5, 5.41) is 3.25. The van der Waals surface area contributed by atoms with E-state index in [-0.39, 0.29) is 11.4 Å². The molecule has 3 nitrogen and oxygen atoms in total. The van der Waals surface area contributed by atoms with Gasteiger partial charge in [-0.05, 0) is 51.0 Å². The minimum atomic E-state index is 0.144. The first-order chi connectivity index (χ1) is 8.65. The third-order valence-electron chi connectivity index (χ3n) is 4.44. The molecule has 0 aliphatic heterocycles. The maximum atomic E-state index is 12.0. The number of rotatable bonds is 9. The number of carbonyl (C=O) groups excluding carboxylic acids is 1. The molecule has 18 heavy (non-hydrogen) atoms. The summed E-state index contributed by atoms with van der Waals surface area (Å²) in [5.41, 5.74) is 5.76. The summed E-state index contributed by atoms with van der Waals surface area (Å²) in [6.07, 6.45) is 9.77. The smallest absolute Gasteiger partial charge is 0.220 e. The van der Waals surface area contributed by atoms with Crippen molar-refractivity contribution in [1.29, 1.82) is 0 Å². The standard InChI is InChI=1S/C15H30N2O/c1-3-6-13(9-12-16)7-8-14(18)17-15(4-2)10-5-11-15/h13H,3-12,16H2,1-2H3,(H,17,18). The lowest BCUT2D eigenvalue weighted by Crippen LogP contribution is -2.52. The van der Waals surface area contributed by atoms with Gasteiger partial charge in [0.1, 0.15) is 0 Å². The third-order valence-corrected chi connectivity index (χ3v) is 4.44. The van der Waals surface area contributed by atoms with Crippen LogP contribution in [0.15, 0.2) is 0 Å². The molecule has 3 N–H and O–H groups in total. The average Bonchev–Trinajstić information content (AvgIpc) is 2.31. The van der Waals surface area contributed by atoms with Gasteiger partial charge in [0, 0.05) is 12.0 Å². The fourth-order valence-corrected chi connectivity index (χ4v) is 2.94. The molecule has 1 atom stereocenters. The minimum Gasteiger partial charge on any atom is -0.351 e. The van der Waals surface area contributed by atoms with Crippen LogP contribution in [0.25, 0.3) is 0 Å². The Morgan fingerprint density at radius 2 is 2.00 bits per heavy atom. The normalized spacial score (nSPS) is 19.1. The molecule has 0 aromatic carbocycles. The summed E-state index contributed by atoms with van der Waals surface area (Å²) in [6.45, 7) is 5.11. The van der Waals surface area contributed by atoms with Crippen molar-refractivity contribution in [1.82, 2.24) is 5.32 Å². The van der Waals surface area contributed by atoms with Gasteiger partial charge < -0.3 is 11.1 Å². The summed E-state index contributed by atoms with van der Waals surface area (Å²) in [6, 6.07) is 0. The molecule has 0 bridgehead atoms. The predicted molar refractivity (Wildman–Crippen MR) is 76.3 cm³/mol. The lowest BCUT2D eigenvalue weighted by molar-refractivity contribution is -0.124. The zero-order valence-electron chi connectivity index (χ0n) is 12.1. The molecule has 0 radical (unpaired) electrons. The Bertz CT molecular complexity index is 237. The number of nitrogens with two attached hydrogens (primary N) is 1. The van der Waals surface area contributed by atoms with Crippen LogP contribution in [0.4, 0.5) is 0 Å². The van der Waals surface area contributed by atoms with E-state index in [2.05, 4.69) is 19.2 Å². The van der Waals surface area contributed by atoms with Gasteiger partial charge in [-0.15, -0.1) is 0 Å². The molecule has 106 valence electrons. The topological polar surface area (TPSA) is 55.1 Å². The van der Waals surface area contributed by atoms with Crippen LogP contribution in [-0.4, -0.2) is 18.0 Å². The first kappa shape index (κ1) is 15.5. The first-order valence-electron chi connectivity index (χ1n) is 7.67. The summed E-state index contributed by atoms with van der Waals surface area (Å²) in [4.78, 5) is 12.0. The van der Waals surface area contributed by atoms with Crippen molar-refractivity contribution in [2.45, 2.75) is 77.2 Å². The molecule has 1 saturated carbocycles. The van der Waals surface area contributed by atoms with Gasteiger partial charge >= 0.3 is 0 Å². The molecule has 1 aliphatic carbocycles. The monoisotopic (exact) mass is 254 g/mol. The molecular weight excluding hydrogens is 224 g/mol. The highest BCUT2D eigenvalue weighted by Crippen LogP contribution is 2.34. The van der Waals surface area contributed by atoms with Gasteiger partial charge in [-0.1, -0.05) is 26.7 Å². The van der Waals surface area contributed by atoms with Crippen LogP contribution in [-0.2, 0) is 4.79 Å². The van der Waals surface area contributed by atoms with Crippen LogP contribution in [0.1, 0.15) is 71.6 Å². The molecular formula is C15H30N2O. The van der Waals surface area contributed by atoms with Gasteiger partial charge in [0.05, 0.1) is 0 Å². The Hall–Kier alpha value is -0.570. The van der Waals surface area contributed by atoms with Crippen molar-refractivity contribution in [3.63, 3.8) is 0 Å². The van der Waals surface area contributed by atoms with E-state index in [1.54, 1.807) is 0 Å². The van der Waals surface area contributed by atoms with Crippen molar-refractivity contribution < 1.29 is 4.79 Å². The third kappa shape index (κ3) is 4.60. The average molecular weight is 254 g/mol. The van der Waals surface area contributed by atoms with E-state index >= 15 is 0 Å². The molecule has 0 aromatic rings. The quantitative estimate of drug-likeness (QED) is 0.664. The number of nitrogens with one attached hydrogen (secondary N) is 1. The Morgan fingerprint density at radius 1 is 1.28 bits per heavy atom. The Labute approximate surface area is 112 Å². The highest BCUT2D eigenvalue weighted by atomic mass is 16.1. The van der Waals surface area contributed by atoms with E-state index < -0.39 is 0 Å². The van der Waals surface area contributed by atoms with Crippen LogP contribution in [0.2, 0.25) is 0 Å². The maximum absolute atomic E-state index is 12.0. The van der Waals surface area contributed by atoms with Gasteiger partial charge in [0.2, 0.25) is 5.91 Å². The van der Waals surface area contributed by atoms with Crippen LogP contribution < -0.4 is 11.1 Å². The van der Waals surface area contributed by atoms with Crippen molar-refractivity contribution in [3.05, 3.63) is 0 Å². The van der Waals surface area contributed by atoms with Gasteiger partial charge in [0.25, 0.3) is 0 Å². The van der Waals surface area contributed by atoms with Crippen molar-refractivity contribution in [2.24, 2.45) is 11.7 Å². The van der Waals surface area contributed by atoms with Crippen LogP contribution in [0.5, 0.6) is 0 Å². The SMILES string of the molecule is CCCC(CCN)CCC(=O)NC1(CC)CCC1. The van der Waals surface area contributed by atoms with Gasteiger partial charge in [-0.25, -0.2) is 0 Å². The largest absolute Gasteiger partial charge is 0.351 e. The molecule has 3 heteroatoms. The number of hydrogen-bond acceptors (Lipinski definition) is 2. The summed E-state index contributed by atoms with van der Waals surface area (Å²) in [5.74, 6) is 0.874. The Morgan fingerprint density at radius 3 is 2.44 bits per heavy atom. The first-order valence-corrected chi connectivity index (χ1v) is 7.67. The molecule has 1 aliphatic rings. The van der Waals surface area contributed by atoms with E-state index in [1.165, 1.54) is 19.3 Å². The summed E-state index contributed by atoms with van der Waals surface area (Å²) < 4.78 is 0. The summed E-state index contributed by atoms with van der Waals surface area (Å²) in [7, 11) is 0. The van der Waals surface area contributed by atoms with Gasteiger partial charge in [-0.2, -0.15) is 0 Å². The summed E-state index contributed by atoms with van der Waals surface area (Å²) >= 11 is 0. The minimum absolute atomic E-state index is 0.144. The van der Waals surface area contributed by atoms with E-state index in [4.69, 9.17) is 5.73 Å².